The zero-order chi connectivity index (χ0) is 13.5. The van der Waals surface area contributed by atoms with Crippen LogP contribution in [-0.4, -0.2) is 37.1 Å². The van der Waals surface area contributed by atoms with Crippen LogP contribution in [0.25, 0.3) is 0 Å². The number of nitrogens with zero attached hydrogens (tertiary/aromatic N) is 1. The van der Waals surface area contributed by atoms with Gasteiger partial charge in [-0.25, -0.2) is 0 Å². The third-order valence-corrected chi connectivity index (χ3v) is 3.05. The van der Waals surface area contributed by atoms with Crippen molar-refractivity contribution >= 4 is 11.6 Å². The number of hydrogen-bond donors (Lipinski definition) is 1. The van der Waals surface area contributed by atoms with E-state index in [0.29, 0.717) is 24.4 Å². The van der Waals surface area contributed by atoms with Crippen molar-refractivity contribution in [3.8, 4) is 0 Å². The molecule has 0 fully saturated rings. The lowest BCUT2D eigenvalue weighted by molar-refractivity contribution is 0.0614. The van der Waals surface area contributed by atoms with E-state index in [0.717, 1.165) is 6.42 Å². The van der Waals surface area contributed by atoms with Crippen LogP contribution in [0.4, 0.5) is 5.69 Å². The van der Waals surface area contributed by atoms with E-state index in [1.807, 2.05) is 11.8 Å². The van der Waals surface area contributed by atoms with E-state index in [-0.39, 0.29) is 11.9 Å². The predicted molar refractivity (Wildman–Crippen MR) is 73.5 cm³/mol. The molecule has 1 atom stereocenters. The first kappa shape index (κ1) is 14.5. The van der Waals surface area contributed by atoms with Crippen LogP contribution in [0.15, 0.2) is 24.3 Å². The van der Waals surface area contributed by atoms with E-state index in [1.165, 1.54) is 0 Å². The number of nitrogen functional groups attached to an aromatic ring is 1. The van der Waals surface area contributed by atoms with Crippen molar-refractivity contribution in [3.05, 3.63) is 29.8 Å². The Labute approximate surface area is 109 Å². The summed E-state index contributed by atoms with van der Waals surface area (Å²) in [5, 5.41) is 0. The Bertz CT molecular complexity index is 393. The maximum atomic E-state index is 12.4. The van der Waals surface area contributed by atoms with Crippen LogP contribution < -0.4 is 5.73 Å². The second-order valence-electron chi connectivity index (χ2n) is 4.37. The number of hydrogen-bond acceptors (Lipinski definition) is 3. The summed E-state index contributed by atoms with van der Waals surface area (Å²) in [6, 6.07) is 7.27. The summed E-state index contributed by atoms with van der Waals surface area (Å²) in [5.74, 6) is 0.00806. The molecule has 2 N–H and O–H groups in total. The fourth-order valence-electron chi connectivity index (χ4n) is 1.77. The van der Waals surface area contributed by atoms with Crippen LogP contribution >= 0.6 is 0 Å². The van der Waals surface area contributed by atoms with Crippen molar-refractivity contribution in [1.29, 1.82) is 0 Å². The molecule has 0 spiro atoms. The summed E-state index contributed by atoms with van der Waals surface area (Å²) < 4.78 is 5.06. The lowest BCUT2D eigenvalue weighted by Gasteiger charge is -2.28. The standard InChI is InChI=1S/C14H22N2O2/c1-4-11(2)16(8-9-18-3)14(17)12-6-5-7-13(15)10-12/h5-7,10-11H,4,8-9,15H2,1-3H3. The molecule has 4 heteroatoms. The van der Waals surface area contributed by atoms with Crippen molar-refractivity contribution in [3.63, 3.8) is 0 Å². The zero-order valence-corrected chi connectivity index (χ0v) is 11.3. The molecule has 0 saturated heterocycles. The molecule has 1 rings (SSSR count). The molecule has 1 aromatic rings. The van der Waals surface area contributed by atoms with Crippen molar-refractivity contribution in [2.24, 2.45) is 0 Å². The topological polar surface area (TPSA) is 55.6 Å². The Balaban J connectivity index is 2.87. The van der Waals surface area contributed by atoms with E-state index < -0.39 is 0 Å². The summed E-state index contributed by atoms with van der Waals surface area (Å²) in [7, 11) is 1.64. The fraction of sp³-hybridized carbons (Fsp3) is 0.500. The quantitative estimate of drug-likeness (QED) is 0.787. The first-order valence-corrected chi connectivity index (χ1v) is 6.25. The Kier molecular flexibility index (Phi) is 5.65. The number of carbonyl (C=O) groups is 1. The van der Waals surface area contributed by atoms with E-state index in [9.17, 15) is 4.79 Å². The van der Waals surface area contributed by atoms with E-state index in [2.05, 4.69) is 6.92 Å². The molecule has 0 aliphatic rings. The van der Waals surface area contributed by atoms with E-state index >= 15 is 0 Å². The van der Waals surface area contributed by atoms with E-state index in [4.69, 9.17) is 10.5 Å². The molecule has 18 heavy (non-hydrogen) atoms. The molecule has 0 saturated carbocycles. The molecule has 1 aromatic carbocycles. The number of methoxy groups -OCH3 is 1. The maximum absolute atomic E-state index is 12.4. The second kappa shape index (κ2) is 7.01. The molecule has 4 nitrogen and oxygen atoms in total. The summed E-state index contributed by atoms with van der Waals surface area (Å²) in [6.45, 7) is 5.24. The van der Waals surface area contributed by atoms with Crippen LogP contribution in [0.5, 0.6) is 0 Å². The average molecular weight is 250 g/mol. The molecule has 0 radical (unpaired) electrons. The SMILES string of the molecule is CCC(C)N(CCOC)C(=O)c1cccc(N)c1. The van der Waals surface area contributed by atoms with Gasteiger partial charge in [-0.1, -0.05) is 13.0 Å². The summed E-state index contributed by atoms with van der Waals surface area (Å²) >= 11 is 0. The van der Waals surface area contributed by atoms with Crippen molar-refractivity contribution in [1.82, 2.24) is 4.90 Å². The number of nitrogens with two attached hydrogens (primary N) is 1. The fourth-order valence-corrected chi connectivity index (χ4v) is 1.77. The molecule has 1 unspecified atom stereocenters. The van der Waals surface area contributed by atoms with Crippen LogP contribution in [-0.2, 0) is 4.74 Å². The Hall–Kier alpha value is -1.55. The number of benzene rings is 1. The molecule has 0 aliphatic carbocycles. The van der Waals surface area contributed by atoms with Gasteiger partial charge in [-0.2, -0.15) is 0 Å². The van der Waals surface area contributed by atoms with Crippen molar-refractivity contribution < 1.29 is 9.53 Å². The van der Waals surface area contributed by atoms with Crippen LogP contribution in [0, 0.1) is 0 Å². The van der Waals surface area contributed by atoms with Gasteiger partial charge in [0.25, 0.3) is 5.91 Å². The highest BCUT2D eigenvalue weighted by molar-refractivity contribution is 5.95. The van der Waals surface area contributed by atoms with Crippen LogP contribution in [0.2, 0.25) is 0 Å². The van der Waals surface area contributed by atoms with Gasteiger partial charge in [0.1, 0.15) is 0 Å². The summed E-state index contributed by atoms with van der Waals surface area (Å²) in [6.07, 6.45) is 0.914. The lowest BCUT2D eigenvalue weighted by atomic mass is 10.1. The molecule has 0 bridgehead atoms. The first-order chi connectivity index (χ1) is 8.60. The highest BCUT2D eigenvalue weighted by Gasteiger charge is 2.20. The number of ether oxygens (including phenoxy) is 1. The number of carbonyl (C=O) groups excluding carboxylic acids is 1. The highest BCUT2D eigenvalue weighted by Crippen LogP contribution is 2.13. The summed E-state index contributed by atoms with van der Waals surface area (Å²) in [4.78, 5) is 14.2. The Morgan fingerprint density at radius 1 is 1.50 bits per heavy atom. The zero-order valence-electron chi connectivity index (χ0n) is 11.3. The molecular weight excluding hydrogens is 228 g/mol. The lowest BCUT2D eigenvalue weighted by Crippen LogP contribution is -2.40. The van der Waals surface area contributed by atoms with Gasteiger partial charge in [-0.05, 0) is 31.5 Å². The third-order valence-electron chi connectivity index (χ3n) is 3.05. The number of amides is 1. The number of rotatable bonds is 6. The van der Waals surface area contributed by atoms with Gasteiger partial charge in [-0.15, -0.1) is 0 Å². The van der Waals surface area contributed by atoms with Gasteiger partial charge < -0.3 is 15.4 Å². The molecule has 1 amide bonds. The van der Waals surface area contributed by atoms with Gasteiger partial charge in [0.2, 0.25) is 0 Å². The minimum Gasteiger partial charge on any atom is -0.399 e. The first-order valence-electron chi connectivity index (χ1n) is 6.25. The van der Waals surface area contributed by atoms with Crippen molar-refractivity contribution in [2.75, 3.05) is 26.0 Å². The predicted octanol–water partition coefficient (Wildman–Crippen LogP) is 2.16. The van der Waals surface area contributed by atoms with Crippen LogP contribution in [0.3, 0.4) is 0 Å². The van der Waals surface area contributed by atoms with Gasteiger partial charge >= 0.3 is 0 Å². The van der Waals surface area contributed by atoms with E-state index in [1.54, 1.807) is 31.4 Å². The minimum absolute atomic E-state index is 0.00806. The minimum atomic E-state index is 0.00806. The van der Waals surface area contributed by atoms with Crippen molar-refractivity contribution in [2.45, 2.75) is 26.3 Å². The van der Waals surface area contributed by atoms with Crippen LogP contribution in [0.1, 0.15) is 30.6 Å². The number of anilines is 1. The molecule has 0 aromatic heterocycles. The highest BCUT2D eigenvalue weighted by atomic mass is 16.5. The Morgan fingerprint density at radius 3 is 2.78 bits per heavy atom. The Morgan fingerprint density at radius 2 is 2.22 bits per heavy atom. The van der Waals surface area contributed by atoms with Gasteiger partial charge in [0, 0.05) is 30.9 Å². The average Bonchev–Trinajstić information content (AvgIpc) is 2.38. The maximum Gasteiger partial charge on any atom is 0.254 e. The normalized spacial score (nSPS) is 12.2. The van der Waals surface area contributed by atoms with Gasteiger partial charge in [0.15, 0.2) is 0 Å². The smallest absolute Gasteiger partial charge is 0.254 e. The van der Waals surface area contributed by atoms with Gasteiger partial charge in [0.05, 0.1) is 6.61 Å². The summed E-state index contributed by atoms with van der Waals surface area (Å²) in [5.41, 5.74) is 6.95. The second-order valence-corrected chi connectivity index (χ2v) is 4.37. The third kappa shape index (κ3) is 3.74. The van der Waals surface area contributed by atoms with Gasteiger partial charge in [-0.3, -0.25) is 4.79 Å². The molecule has 100 valence electrons. The molecule has 0 aliphatic heterocycles. The largest absolute Gasteiger partial charge is 0.399 e. The monoisotopic (exact) mass is 250 g/mol. The molecule has 0 heterocycles. The molecular formula is C14H22N2O2.